The van der Waals surface area contributed by atoms with Gasteiger partial charge in [0.05, 0.1) is 13.2 Å². The van der Waals surface area contributed by atoms with E-state index in [-0.39, 0.29) is 23.7 Å². The van der Waals surface area contributed by atoms with Crippen molar-refractivity contribution in [1.29, 1.82) is 0 Å². The Kier molecular flexibility index (Phi) is 8.88. The minimum atomic E-state index is -4.99. The Labute approximate surface area is 299 Å². The second-order valence-corrected chi connectivity index (χ2v) is 17.1. The highest BCUT2D eigenvalue weighted by molar-refractivity contribution is 5.14. The molecule has 10 nitrogen and oxygen atoms in total. The van der Waals surface area contributed by atoms with Gasteiger partial charge in [-0.1, -0.05) is 39.8 Å². The van der Waals surface area contributed by atoms with E-state index < -0.39 is 96.2 Å². The second-order valence-electron chi connectivity index (χ2n) is 17.1. The van der Waals surface area contributed by atoms with Gasteiger partial charge in [-0.2, -0.15) is 26.3 Å². The van der Waals surface area contributed by atoms with Crippen molar-refractivity contribution >= 4 is 0 Å². The first-order valence-electron chi connectivity index (χ1n) is 18.8. The maximum atomic E-state index is 15.2. The molecule has 52 heavy (non-hydrogen) atoms. The molecule has 8 saturated heterocycles. The van der Waals surface area contributed by atoms with E-state index in [0.29, 0.717) is 51.4 Å². The fraction of sp³-hybridized carbons (Fsp3) is 0.944. The van der Waals surface area contributed by atoms with Crippen molar-refractivity contribution in [2.24, 2.45) is 47.3 Å². The molecule has 296 valence electrons. The third-order valence-corrected chi connectivity index (χ3v) is 14.3. The number of hydrogen-bond acceptors (Lipinski definition) is 10. The zero-order valence-electron chi connectivity index (χ0n) is 30.3. The van der Waals surface area contributed by atoms with E-state index in [2.05, 4.69) is 13.8 Å². The molecule has 16 heteroatoms. The van der Waals surface area contributed by atoms with E-state index in [9.17, 15) is 0 Å². The lowest BCUT2D eigenvalue weighted by Crippen LogP contribution is -2.76. The van der Waals surface area contributed by atoms with Gasteiger partial charge in [-0.25, -0.2) is 19.6 Å². The van der Waals surface area contributed by atoms with E-state index >= 15 is 26.3 Å². The first kappa shape index (κ1) is 37.8. The Bertz CT molecular complexity index is 1310. The molecule has 0 aromatic carbocycles. The van der Waals surface area contributed by atoms with Crippen LogP contribution in [0.1, 0.15) is 92.9 Å². The molecule has 8 aliphatic heterocycles. The lowest BCUT2D eigenvalue weighted by molar-refractivity contribution is -0.598. The molecule has 2 aliphatic carbocycles. The average Bonchev–Trinajstić information content (AvgIpc) is 3.43. The molecule has 0 amide bonds. The van der Waals surface area contributed by atoms with Crippen molar-refractivity contribution in [3.8, 4) is 0 Å². The van der Waals surface area contributed by atoms with Crippen LogP contribution in [0.2, 0.25) is 0 Å². The van der Waals surface area contributed by atoms with E-state index in [1.165, 1.54) is 26.0 Å². The van der Waals surface area contributed by atoms with Crippen LogP contribution in [0, 0.1) is 47.3 Å². The van der Waals surface area contributed by atoms with Gasteiger partial charge >= 0.3 is 12.4 Å². The van der Waals surface area contributed by atoms with Crippen LogP contribution in [-0.4, -0.2) is 72.5 Å². The summed E-state index contributed by atoms with van der Waals surface area (Å²) in [6.45, 7) is 8.93. The zero-order valence-corrected chi connectivity index (χ0v) is 30.3. The number of ether oxygens (including phenoxy) is 6. The van der Waals surface area contributed by atoms with Crippen LogP contribution in [0.15, 0.2) is 12.2 Å². The van der Waals surface area contributed by atoms with Crippen LogP contribution >= 0.6 is 0 Å². The lowest BCUT2D eigenvalue weighted by atomic mass is 9.57. The third kappa shape index (κ3) is 5.13. The molecule has 8 heterocycles. The molecule has 4 bridgehead atoms. The average molecular weight is 757 g/mol. The molecule has 0 aromatic rings. The summed E-state index contributed by atoms with van der Waals surface area (Å²) in [5, 5.41) is 0. The van der Waals surface area contributed by atoms with Crippen LogP contribution < -0.4 is 0 Å². The van der Waals surface area contributed by atoms with Crippen LogP contribution in [0.5, 0.6) is 0 Å². The molecular weight excluding hydrogens is 706 g/mol. The second kappa shape index (κ2) is 12.2. The number of hydrogen-bond donors (Lipinski definition) is 0. The Morgan fingerprint density at radius 1 is 0.538 bits per heavy atom. The minimum absolute atomic E-state index is 0.141. The highest BCUT2D eigenvalue weighted by Crippen LogP contribution is 2.66. The van der Waals surface area contributed by atoms with Crippen molar-refractivity contribution in [3.05, 3.63) is 12.2 Å². The third-order valence-electron chi connectivity index (χ3n) is 14.3. The number of rotatable bonds is 6. The van der Waals surface area contributed by atoms with Gasteiger partial charge in [-0.3, -0.25) is 0 Å². The van der Waals surface area contributed by atoms with E-state index in [1.807, 2.05) is 0 Å². The van der Waals surface area contributed by atoms with Crippen LogP contribution in [0.25, 0.3) is 0 Å². The molecule has 0 N–H and O–H groups in total. The predicted molar refractivity (Wildman–Crippen MR) is 165 cm³/mol. The van der Waals surface area contributed by atoms with Gasteiger partial charge in [0.25, 0.3) is 11.6 Å². The van der Waals surface area contributed by atoms with Gasteiger partial charge in [-0.15, -0.1) is 0 Å². The van der Waals surface area contributed by atoms with Gasteiger partial charge in [-0.05, 0) is 76.0 Å². The summed E-state index contributed by atoms with van der Waals surface area (Å²) in [6, 6.07) is 0. The fourth-order valence-corrected chi connectivity index (χ4v) is 11.5. The summed E-state index contributed by atoms with van der Waals surface area (Å²) in [5.74, 6) is -12.6. The Morgan fingerprint density at radius 2 is 0.923 bits per heavy atom. The number of alkyl halides is 6. The maximum Gasteiger partial charge on any atom is 0.443 e. The monoisotopic (exact) mass is 756 g/mol. The highest BCUT2D eigenvalue weighted by atomic mass is 19.4. The largest absolute Gasteiger partial charge is 0.443 e. The summed E-state index contributed by atoms with van der Waals surface area (Å²) < 4.78 is 126. The molecule has 16 atom stereocenters. The standard InChI is InChI=1S/C36H50F6O10/c1-19-9-11-25-21(3)33(35(37,38)39,47-27-31(25)23(19)13-15-29(5,45-27)49-51-31)43-17-7-8-18-44-34(36(40,41)42)22(4)26-12-10-20(2)24-14-16-30(6)46-28(48-34)32(24,26)52-50-30/h7-8,19-28H,9-18H2,1-6H3/b8-7-. The summed E-state index contributed by atoms with van der Waals surface area (Å²) in [5.41, 5.74) is -2.50. The summed E-state index contributed by atoms with van der Waals surface area (Å²) in [6.07, 6.45) is -6.13. The van der Waals surface area contributed by atoms with E-state index in [4.69, 9.17) is 48.0 Å². The first-order valence-corrected chi connectivity index (χ1v) is 18.8. The van der Waals surface area contributed by atoms with Crippen molar-refractivity contribution in [1.82, 2.24) is 0 Å². The zero-order chi connectivity index (χ0) is 37.3. The number of fused-ring (bicyclic) bond motifs is 4. The van der Waals surface area contributed by atoms with Gasteiger partial charge < -0.3 is 28.4 Å². The predicted octanol–water partition coefficient (Wildman–Crippen LogP) is 7.86. The molecule has 2 saturated carbocycles. The maximum absolute atomic E-state index is 15.2. The number of halogens is 6. The molecule has 2 spiro atoms. The fourth-order valence-electron chi connectivity index (χ4n) is 11.5. The van der Waals surface area contributed by atoms with Crippen molar-refractivity contribution in [2.45, 2.75) is 152 Å². The molecular formula is C36H50F6O10. The van der Waals surface area contributed by atoms with E-state index in [0.717, 1.165) is 0 Å². The van der Waals surface area contributed by atoms with Gasteiger partial charge in [0.15, 0.2) is 23.8 Å². The van der Waals surface area contributed by atoms with Crippen molar-refractivity contribution in [2.75, 3.05) is 13.2 Å². The van der Waals surface area contributed by atoms with Gasteiger partial charge in [0, 0.05) is 36.5 Å². The Morgan fingerprint density at radius 3 is 1.29 bits per heavy atom. The van der Waals surface area contributed by atoms with Gasteiger partial charge in [0.2, 0.25) is 11.6 Å². The molecule has 16 unspecified atom stereocenters. The molecule has 10 fully saturated rings. The van der Waals surface area contributed by atoms with Gasteiger partial charge in [0.1, 0.15) is 0 Å². The lowest BCUT2D eigenvalue weighted by Gasteiger charge is -2.62. The summed E-state index contributed by atoms with van der Waals surface area (Å²) in [7, 11) is 0. The van der Waals surface area contributed by atoms with Crippen LogP contribution in [-0.2, 0) is 48.0 Å². The van der Waals surface area contributed by atoms with Crippen molar-refractivity contribution in [3.63, 3.8) is 0 Å². The Hall–Kier alpha value is -1.08. The first-order chi connectivity index (χ1) is 24.3. The Balaban J connectivity index is 1.01. The van der Waals surface area contributed by atoms with Crippen LogP contribution in [0.3, 0.4) is 0 Å². The van der Waals surface area contributed by atoms with E-state index in [1.54, 1.807) is 13.8 Å². The van der Waals surface area contributed by atoms with Crippen LogP contribution in [0.4, 0.5) is 26.3 Å². The molecule has 10 rings (SSSR count). The minimum Gasteiger partial charge on any atom is -0.338 e. The normalized spacial score (nSPS) is 54.4. The summed E-state index contributed by atoms with van der Waals surface area (Å²) >= 11 is 0. The summed E-state index contributed by atoms with van der Waals surface area (Å²) in [4.78, 5) is 23.4. The molecule has 10 aliphatic rings. The SMILES string of the molecule is CC1CCC2C(C)C(OC/C=C\COC3(C(F)(F)F)OC4OC5(C)CCC6C(C)CCC(C3C)C46OO5)(C(F)(F)F)OC3OC4(C)CCC1C32OO4. The van der Waals surface area contributed by atoms with Crippen molar-refractivity contribution < 1.29 is 74.3 Å². The highest BCUT2D eigenvalue weighted by Gasteiger charge is 2.79. The quantitative estimate of drug-likeness (QED) is 0.152. The molecule has 0 radical (unpaired) electrons. The topological polar surface area (TPSA) is 92.3 Å². The molecule has 0 aromatic heterocycles. The smallest absolute Gasteiger partial charge is 0.338 e.